The van der Waals surface area contributed by atoms with Crippen LogP contribution in [0.1, 0.15) is 30.3 Å². The van der Waals surface area contributed by atoms with Gasteiger partial charge in [-0.2, -0.15) is 0 Å². The molecule has 0 spiro atoms. The van der Waals surface area contributed by atoms with E-state index in [0.717, 1.165) is 60.1 Å². The van der Waals surface area contributed by atoms with Crippen molar-refractivity contribution >= 4 is 17.5 Å². The monoisotopic (exact) mass is 501 g/mol. The number of amides is 1. The van der Waals surface area contributed by atoms with E-state index < -0.39 is 6.09 Å². The Hall–Kier alpha value is -3.65. The molecule has 0 saturated carbocycles. The number of hydrogen-bond donors (Lipinski definition) is 1. The molecule has 1 aromatic heterocycles. The highest BCUT2D eigenvalue weighted by molar-refractivity contribution is 5.84. The van der Waals surface area contributed by atoms with Gasteiger partial charge in [0.05, 0.1) is 12.8 Å². The highest BCUT2D eigenvalue weighted by Gasteiger charge is 2.42. The van der Waals surface area contributed by atoms with E-state index in [4.69, 9.17) is 19.4 Å². The van der Waals surface area contributed by atoms with E-state index in [1.165, 1.54) is 0 Å². The van der Waals surface area contributed by atoms with Gasteiger partial charge in [0.25, 0.3) is 0 Å². The third kappa shape index (κ3) is 5.69. The van der Waals surface area contributed by atoms with Crippen LogP contribution in [0.25, 0.3) is 11.3 Å². The molecular weight excluding hydrogens is 466 g/mol. The van der Waals surface area contributed by atoms with Gasteiger partial charge >= 0.3 is 6.09 Å². The van der Waals surface area contributed by atoms with Crippen LogP contribution in [0.4, 0.5) is 16.2 Å². The van der Waals surface area contributed by atoms with Gasteiger partial charge in [0.1, 0.15) is 18.2 Å². The van der Waals surface area contributed by atoms with Crippen LogP contribution in [0.15, 0.2) is 54.6 Å². The molecular formula is C29H35N5O3. The largest absolute Gasteiger partial charge is 0.497 e. The van der Waals surface area contributed by atoms with Crippen LogP contribution in [-0.4, -0.2) is 67.9 Å². The number of nitrogens with one attached hydrogen (secondary N) is 1. The lowest BCUT2D eigenvalue weighted by atomic mass is 9.74. The van der Waals surface area contributed by atoms with E-state index in [0.29, 0.717) is 24.1 Å². The second-order valence-electron chi connectivity index (χ2n) is 10.2. The SMILES string of the molecule is COc1ccc(NC(=O)OC[C@H]2C[C@@H]3CCN2C[C@H]3c2cc(-c3ccc(N(C)C)cc3)nc(C)n2)cc1. The second kappa shape index (κ2) is 10.8. The molecule has 4 heterocycles. The quantitative estimate of drug-likeness (QED) is 0.491. The molecule has 1 unspecified atom stereocenters. The number of piperidine rings is 3. The van der Waals surface area contributed by atoms with Gasteiger partial charge in [0, 0.05) is 55.2 Å². The van der Waals surface area contributed by atoms with Crippen LogP contribution in [0, 0.1) is 12.8 Å². The fraction of sp³-hybridized carbons (Fsp3) is 0.414. The van der Waals surface area contributed by atoms with E-state index >= 15 is 0 Å². The molecule has 2 bridgehead atoms. The third-order valence-electron chi connectivity index (χ3n) is 7.54. The Morgan fingerprint density at radius 2 is 1.86 bits per heavy atom. The van der Waals surface area contributed by atoms with Crippen molar-refractivity contribution in [3.63, 3.8) is 0 Å². The highest BCUT2D eigenvalue weighted by Crippen LogP contribution is 2.42. The smallest absolute Gasteiger partial charge is 0.411 e. The fourth-order valence-corrected chi connectivity index (χ4v) is 5.51. The Balaban J connectivity index is 1.21. The predicted octanol–water partition coefficient (Wildman–Crippen LogP) is 4.95. The van der Waals surface area contributed by atoms with Crippen LogP contribution in [-0.2, 0) is 4.74 Å². The van der Waals surface area contributed by atoms with Crippen molar-refractivity contribution in [3.8, 4) is 17.0 Å². The summed E-state index contributed by atoms with van der Waals surface area (Å²) in [5.41, 5.74) is 5.04. The number of nitrogens with zero attached hydrogens (tertiary/aromatic N) is 4. The van der Waals surface area contributed by atoms with E-state index in [-0.39, 0.29) is 6.04 Å². The molecule has 194 valence electrons. The molecule has 8 heteroatoms. The summed E-state index contributed by atoms with van der Waals surface area (Å²) in [7, 11) is 5.70. The summed E-state index contributed by atoms with van der Waals surface area (Å²) in [6.07, 6.45) is 1.70. The lowest BCUT2D eigenvalue weighted by Crippen LogP contribution is -2.54. The van der Waals surface area contributed by atoms with E-state index in [2.05, 4.69) is 45.4 Å². The van der Waals surface area contributed by atoms with Crippen molar-refractivity contribution in [1.29, 1.82) is 0 Å². The molecule has 3 aliphatic heterocycles. The number of hydrogen-bond acceptors (Lipinski definition) is 7. The molecule has 8 nitrogen and oxygen atoms in total. The molecule has 3 aromatic rings. The van der Waals surface area contributed by atoms with E-state index in [1.54, 1.807) is 31.4 Å². The maximum atomic E-state index is 12.4. The number of aromatic nitrogens is 2. The summed E-state index contributed by atoms with van der Waals surface area (Å²) in [4.78, 5) is 26.5. The van der Waals surface area contributed by atoms with Crippen LogP contribution in [0.5, 0.6) is 5.75 Å². The maximum absolute atomic E-state index is 12.4. The lowest BCUT2D eigenvalue weighted by molar-refractivity contribution is -0.00151. The number of anilines is 2. The number of fused-ring (bicyclic) bond motifs is 3. The van der Waals surface area contributed by atoms with Crippen LogP contribution >= 0.6 is 0 Å². The summed E-state index contributed by atoms with van der Waals surface area (Å²) < 4.78 is 10.8. The average Bonchev–Trinajstić information content (AvgIpc) is 2.92. The minimum Gasteiger partial charge on any atom is -0.497 e. The number of aryl methyl sites for hydroxylation is 1. The van der Waals surface area contributed by atoms with Gasteiger partial charge < -0.3 is 14.4 Å². The standard InChI is InChI=1S/C29H35N5O3/c1-19-30-27(20-5-9-23(10-6-20)33(2)3)16-28(31-19)26-17-34-14-13-21(26)15-24(34)18-37-29(35)32-22-7-11-25(36-4)12-8-22/h5-12,16,21,24,26H,13-15,17-18H2,1-4H3,(H,32,35)/t21-,24+,26+/m0/s1. The maximum Gasteiger partial charge on any atom is 0.411 e. The molecule has 1 N–H and O–H groups in total. The molecule has 6 rings (SSSR count). The second-order valence-corrected chi connectivity index (χ2v) is 10.2. The van der Waals surface area contributed by atoms with Gasteiger partial charge in [0.2, 0.25) is 0 Å². The number of methoxy groups -OCH3 is 1. The van der Waals surface area contributed by atoms with Crippen LogP contribution in [0.3, 0.4) is 0 Å². The van der Waals surface area contributed by atoms with Crippen molar-refractivity contribution in [2.24, 2.45) is 5.92 Å². The molecule has 2 aromatic carbocycles. The molecule has 3 saturated heterocycles. The molecule has 0 aliphatic carbocycles. The predicted molar refractivity (Wildman–Crippen MR) is 145 cm³/mol. The first-order valence-electron chi connectivity index (χ1n) is 12.8. The average molecular weight is 502 g/mol. The molecule has 0 radical (unpaired) electrons. The van der Waals surface area contributed by atoms with Gasteiger partial charge in [-0.3, -0.25) is 10.2 Å². The van der Waals surface area contributed by atoms with Crippen LogP contribution in [0.2, 0.25) is 0 Å². The van der Waals surface area contributed by atoms with E-state index in [9.17, 15) is 4.79 Å². The first-order chi connectivity index (χ1) is 17.9. The van der Waals surface area contributed by atoms with Gasteiger partial charge in [-0.05, 0) is 74.7 Å². The van der Waals surface area contributed by atoms with Gasteiger partial charge in [-0.25, -0.2) is 14.8 Å². The van der Waals surface area contributed by atoms with Crippen molar-refractivity contribution in [2.45, 2.75) is 31.7 Å². The summed E-state index contributed by atoms with van der Waals surface area (Å²) >= 11 is 0. The number of ether oxygens (including phenoxy) is 2. The zero-order valence-corrected chi connectivity index (χ0v) is 22.0. The van der Waals surface area contributed by atoms with Gasteiger partial charge in [-0.1, -0.05) is 12.1 Å². The summed E-state index contributed by atoms with van der Waals surface area (Å²) in [5, 5.41) is 2.79. The normalized spacial score (nSPS) is 22.4. The number of benzene rings is 2. The number of rotatable bonds is 7. The Labute approximate surface area is 218 Å². The molecule has 1 amide bonds. The Kier molecular flexibility index (Phi) is 7.28. The van der Waals surface area contributed by atoms with Gasteiger partial charge in [0.15, 0.2) is 0 Å². The van der Waals surface area contributed by atoms with Crippen molar-refractivity contribution in [3.05, 3.63) is 66.1 Å². The van der Waals surface area contributed by atoms with Crippen molar-refractivity contribution in [1.82, 2.24) is 14.9 Å². The zero-order chi connectivity index (χ0) is 25.9. The minimum atomic E-state index is -0.430. The third-order valence-corrected chi connectivity index (χ3v) is 7.54. The fourth-order valence-electron chi connectivity index (χ4n) is 5.51. The highest BCUT2D eigenvalue weighted by atomic mass is 16.5. The summed E-state index contributed by atoms with van der Waals surface area (Å²) in [5.74, 6) is 2.42. The first-order valence-corrected chi connectivity index (χ1v) is 12.8. The van der Waals surface area contributed by atoms with Crippen molar-refractivity contribution < 1.29 is 14.3 Å². The van der Waals surface area contributed by atoms with Gasteiger partial charge in [-0.15, -0.1) is 0 Å². The number of carbonyl (C=O) groups excluding carboxylic acids is 1. The summed E-state index contributed by atoms with van der Waals surface area (Å²) in [6, 6.07) is 18.1. The first kappa shape index (κ1) is 25.0. The van der Waals surface area contributed by atoms with Crippen molar-refractivity contribution in [2.75, 3.05) is 51.1 Å². The van der Waals surface area contributed by atoms with Crippen LogP contribution < -0.4 is 15.0 Å². The molecule has 4 atom stereocenters. The Morgan fingerprint density at radius 3 is 2.51 bits per heavy atom. The summed E-state index contributed by atoms with van der Waals surface area (Å²) in [6.45, 7) is 4.31. The number of carbonyl (C=O) groups is 1. The molecule has 37 heavy (non-hydrogen) atoms. The zero-order valence-electron chi connectivity index (χ0n) is 22.0. The Morgan fingerprint density at radius 1 is 1.11 bits per heavy atom. The molecule has 3 aliphatic rings. The molecule has 3 fully saturated rings. The minimum absolute atomic E-state index is 0.234. The Bertz CT molecular complexity index is 1230. The van der Waals surface area contributed by atoms with E-state index in [1.807, 2.05) is 21.0 Å². The lowest BCUT2D eigenvalue weighted by Gasteiger charge is -2.49. The topological polar surface area (TPSA) is 79.8 Å².